The summed E-state index contributed by atoms with van der Waals surface area (Å²) in [6.45, 7) is 4.34. The average molecular weight is 172 g/mol. The van der Waals surface area contributed by atoms with Crippen molar-refractivity contribution >= 4 is 11.6 Å². The summed E-state index contributed by atoms with van der Waals surface area (Å²) in [6, 6.07) is 0. The fourth-order valence-corrected chi connectivity index (χ4v) is 0.966. The van der Waals surface area contributed by atoms with Crippen molar-refractivity contribution in [3.8, 4) is 0 Å². The maximum Gasteiger partial charge on any atom is 0.0447 e. The quantitative estimate of drug-likeness (QED) is 0.650. The zero-order chi connectivity index (χ0) is 8.69. The Balaban J connectivity index is 4.52. The van der Waals surface area contributed by atoms with Gasteiger partial charge in [0.15, 0.2) is 0 Å². The van der Waals surface area contributed by atoms with Crippen molar-refractivity contribution in [3.05, 3.63) is 34.9 Å². The van der Waals surface area contributed by atoms with Gasteiger partial charge >= 0.3 is 0 Å². The Bertz CT molecular complexity index is 190. The molecule has 0 aliphatic heterocycles. The highest BCUT2D eigenvalue weighted by atomic mass is 35.5. The van der Waals surface area contributed by atoms with Gasteiger partial charge in [0.05, 0.1) is 0 Å². The fourth-order valence-electron chi connectivity index (χ4n) is 0.700. The number of hydrogen-bond acceptors (Lipinski definition) is 1. The van der Waals surface area contributed by atoms with Gasteiger partial charge in [-0.3, -0.25) is 0 Å². The first-order valence-electron chi connectivity index (χ1n) is 3.60. The molecule has 0 saturated carbocycles. The average Bonchev–Trinajstić information content (AvgIpc) is 2.00. The molecule has 2 heteroatoms. The molecular formula is C9H14ClN. The predicted molar refractivity (Wildman–Crippen MR) is 51.6 cm³/mol. The first kappa shape index (κ1) is 10.5. The molecule has 0 atom stereocenters. The Morgan fingerprint density at radius 2 is 1.82 bits per heavy atom. The second-order valence-electron chi connectivity index (χ2n) is 2.08. The van der Waals surface area contributed by atoms with E-state index in [2.05, 4.69) is 0 Å². The van der Waals surface area contributed by atoms with Crippen molar-refractivity contribution in [3.63, 3.8) is 0 Å². The van der Waals surface area contributed by atoms with Crippen LogP contribution in [0.15, 0.2) is 34.9 Å². The van der Waals surface area contributed by atoms with E-state index in [-0.39, 0.29) is 0 Å². The van der Waals surface area contributed by atoms with E-state index in [1.165, 1.54) is 0 Å². The second kappa shape index (κ2) is 6.20. The molecule has 11 heavy (non-hydrogen) atoms. The van der Waals surface area contributed by atoms with Crippen molar-refractivity contribution in [1.82, 2.24) is 0 Å². The molecule has 0 aliphatic rings. The number of halogens is 1. The summed E-state index contributed by atoms with van der Waals surface area (Å²) in [5.74, 6) is 0. The van der Waals surface area contributed by atoms with Gasteiger partial charge in [-0.15, -0.1) is 0 Å². The van der Waals surface area contributed by atoms with Gasteiger partial charge < -0.3 is 5.73 Å². The molecule has 0 amide bonds. The smallest absolute Gasteiger partial charge is 0.0447 e. The Labute approximate surface area is 73.2 Å². The normalized spacial score (nSPS) is 14.5. The summed E-state index contributed by atoms with van der Waals surface area (Å²) in [6.07, 6.45) is 7.57. The highest BCUT2D eigenvalue weighted by Crippen LogP contribution is 2.11. The largest absolute Gasteiger partial charge is 0.326 e. The van der Waals surface area contributed by atoms with Gasteiger partial charge in [-0.1, -0.05) is 29.8 Å². The minimum Gasteiger partial charge on any atom is -0.326 e. The molecule has 2 N–H and O–H groups in total. The van der Waals surface area contributed by atoms with Gasteiger partial charge in [0.25, 0.3) is 0 Å². The van der Waals surface area contributed by atoms with Crippen LogP contribution in [-0.4, -0.2) is 6.54 Å². The van der Waals surface area contributed by atoms with Crippen LogP contribution >= 0.6 is 11.6 Å². The highest BCUT2D eigenvalue weighted by Gasteiger charge is 1.93. The van der Waals surface area contributed by atoms with Gasteiger partial charge in [0, 0.05) is 11.6 Å². The Kier molecular flexibility index (Phi) is 5.90. The molecule has 0 unspecified atom stereocenters. The lowest BCUT2D eigenvalue weighted by molar-refractivity contribution is 1.18. The molecule has 0 aromatic carbocycles. The first-order valence-corrected chi connectivity index (χ1v) is 3.98. The van der Waals surface area contributed by atoms with Crippen molar-refractivity contribution < 1.29 is 0 Å². The predicted octanol–water partition coefficient (Wildman–Crippen LogP) is 2.59. The number of rotatable bonds is 3. The molecule has 0 aliphatic carbocycles. The van der Waals surface area contributed by atoms with Gasteiger partial charge in [-0.2, -0.15) is 0 Å². The van der Waals surface area contributed by atoms with Crippen molar-refractivity contribution in [2.24, 2.45) is 5.73 Å². The van der Waals surface area contributed by atoms with E-state index in [1.54, 1.807) is 0 Å². The summed E-state index contributed by atoms with van der Waals surface area (Å²) in [4.78, 5) is 0. The SMILES string of the molecule is C\C=C/C(Cl)=C(\C=C/C)CN. The summed E-state index contributed by atoms with van der Waals surface area (Å²) in [5.41, 5.74) is 6.43. The maximum absolute atomic E-state index is 5.89. The minimum atomic E-state index is 0.480. The molecule has 0 heterocycles. The van der Waals surface area contributed by atoms with Crippen LogP contribution in [0.4, 0.5) is 0 Å². The number of nitrogens with two attached hydrogens (primary N) is 1. The van der Waals surface area contributed by atoms with Crippen LogP contribution in [0, 0.1) is 0 Å². The molecule has 1 nitrogen and oxygen atoms in total. The van der Waals surface area contributed by atoms with Gasteiger partial charge in [0.2, 0.25) is 0 Å². The molecule has 0 radical (unpaired) electrons. The van der Waals surface area contributed by atoms with E-state index in [4.69, 9.17) is 17.3 Å². The number of hydrogen-bond donors (Lipinski definition) is 1. The van der Waals surface area contributed by atoms with E-state index in [9.17, 15) is 0 Å². The van der Waals surface area contributed by atoms with Crippen molar-refractivity contribution in [2.75, 3.05) is 6.54 Å². The molecule has 0 bridgehead atoms. The van der Waals surface area contributed by atoms with Gasteiger partial charge in [0.1, 0.15) is 0 Å². The van der Waals surface area contributed by atoms with Crippen LogP contribution < -0.4 is 5.73 Å². The van der Waals surface area contributed by atoms with E-state index < -0.39 is 0 Å². The van der Waals surface area contributed by atoms with E-state index >= 15 is 0 Å². The Hall–Kier alpha value is -0.530. The molecule has 0 aromatic heterocycles. The topological polar surface area (TPSA) is 26.0 Å². The summed E-state index contributed by atoms with van der Waals surface area (Å²) in [7, 11) is 0. The summed E-state index contributed by atoms with van der Waals surface area (Å²) >= 11 is 5.89. The molecule has 0 fully saturated rings. The van der Waals surface area contributed by atoms with Crippen LogP contribution in [0.25, 0.3) is 0 Å². The van der Waals surface area contributed by atoms with Gasteiger partial charge in [-0.05, 0) is 25.5 Å². The number of allylic oxidation sites excluding steroid dienone is 4. The second-order valence-corrected chi connectivity index (χ2v) is 2.48. The van der Waals surface area contributed by atoms with Crippen molar-refractivity contribution in [2.45, 2.75) is 13.8 Å². The van der Waals surface area contributed by atoms with Crippen molar-refractivity contribution in [1.29, 1.82) is 0 Å². The lowest BCUT2D eigenvalue weighted by atomic mass is 10.2. The summed E-state index contributed by atoms with van der Waals surface area (Å²) in [5, 5.41) is 0.716. The zero-order valence-corrected chi connectivity index (χ0v) is 7.73. The molecule has 62 valence electrons. The fraction of sp³-hybridized carbons (Fsp3) is 0.333. The lowest BCUT2D eigenvalue weighted by Crippen LogP contribution is -2.01. The minimum absolute atomic E-state index is 0.480. The van der Waals surface area contributed by atoms with E-state index in [0.717, 1.165) is 5.57 Å². The Morgan fingerprint density at radius 1 is 1.27 bits per heavy atom. The summed E-state index contributed by atoms with van der Waals surface area (Å²) < 4.78 is 0. The van der Waals surface area contributed by atoms with Gasteiger partial charge in [-0.25, -0.2) is 0 Å². The zero-order valence-electron chi connectivity index (χ0n) is 6.97. The molecule has 0 spiro atoms. The Morgan fingerprint density at radius 3 is 2.18 bits per heavy atom. The molecule has 0 rings (SSSR count). The van der Waals surface area contributed by atoms with Crippen LogP contribution in [-0.2, 0) is 0 Å². The molecular weight excluding hydrogens is 158 g/mol. The lowest BCUT2D eigenvalue weighted by Gasteiger charge is -1.97. The van der Waals surface area contributed by atoms with Crippen LogP contribution in [0.3, 0.4) is 0 Å². The van der Waals surface area contributed by atoms with Crippen LogP contribution in [0.1, 0.15) is 13.8 Å². The van der Waals surface area contributed by atoms with Crippen LogP contribution in [0.2, 0.25) is 0 Å². The first-order chi connectivity index (χ1) is 5.26. The highest BCUT2D eigenvalue weighted by molar-refractivity contribution is 6.31. The molecule has 0 saturated heterocycles. The third-order valence-corrected chi connectivity index (χ3v) is 1.58. The van der Waals surface area contributed by atoms with E-state index in [1.807, 2.05) is 38.2 Å². The maximum atomic E-state index is 5.89. The van der Waals surface area contributed by atoms with E-state index in [0.29, 0.717) is 11.6 Å². The molecule has 0 aromatic rings. The third-order valence-electron chi connectivity index (χ3n) is 1.21. The standard InChI is InChI=1S/C9H14ClN/c1-3-5-8(7-11)9(10)6-4-2/h3-6H,7,11H2,1-2H3/b5-3-,6-4-,9-8-. The van der Waals surface area contributed by atoms with Crippen LogP contribution in [0.5, 0.6) is 0 Å². The third kappa shape index (κ3) is 4.02. The monoisotopic (exact) mass is 171 g/mol.